The third-order valence-electron chi connectivity index (χ3n) is 3.21. The lowest BCUT2D eigenvalue weighted by Gasteiger charge is -2.08. The summed E-state index contributed by atoms with van der Waals surface area (Å²) in [7, 11) is 1.53. The predicted molar refractivity (Wildman–Crippen MR) is 92.4 cm³/mol. The maximum atomic E-state index is 12.2. The second-order valence-corrected chi connectivity index (χ2v) is 5.86. The van der Waals surface area contributed by atoms with Crippen molar-refractivity contribution >= 4 is 27.9 Å². The fraction of sp³-hybridized carbons (Fsp3) is 0.222. The number of benzene rings is 2. The molecule has 0 atom stereocenters. The average Bonchev–Trinajstić information content (AvgIpc) is 2.57. The van der Waals surface area contributed by atoms with Crippen LogP contribution in [0, 0.1) is 6.92 Å². The Morgan fingerprint density at radius 3 is 2.46 bits per heavy atom. The Kier molecular flexibility index (Phi) is 6.52. The quantitative estimate of drug-likeness (QED) is 0.425. The minimum Gasteiger partial charge on any atom is -0.460 e. The van der Waals surface area contributed by atoms with Gasteiger partial charge in [0.1, 0.15) is 12.4 Å². The molecular weight excluding hydrogens is 376 g/mol. The van der Waals surface area contributed by atoms with Gasteiger partial charge in [0.15, 0.2) is 0 Å². The lowest BCUT2D eigenvalue weighted by atomic mass is 10.1. The van der Waals surface area contributed by atoms with E-state index in [-0.39, 0.29) is 12.4 Å². The molecule has 0 heterocycles. The van der Waals surface area contributed by atoms with Crippen LogP contribution >= 0.6 is 15.9 Å². The molecule has 0 amide bonds. The van der Waals surface area contributed by atoms with Crippen molar-refractivity contribution in [3.63, 3.8) is 0 Å². The highest BCUT2D eigenvalue weighted by Crippen LogP contribution is 2.20. The molecule has 0 aliphatic carbocycles. The average molecular weight is 393 g/mol. The number of methoxy groups -OCH3 is 1. The molecule has 0 aliphatic rings. The number of hydrogen-bond acceptors (Lipinski definition) is 5. The molecule has 0 bridgehead atoms. The Balaban J connectivity index is 2.07. The zero-order valence-corrected chi connectivity index (χ0v) is 15.0. The SMILES string of the molecule is COCCOC(=O)c1cccc(OC(=O)c2ccc(C)c(Br)c2)c1. The Bertz CT molecular complexity index is 742. The fourth-order valence-corrected chi connectivity index (χ4v) is 2.25. The molecule has 0 N–H and O–H groups in total. The molecule has 2 aromatic rings. The maximum absolute atomic E-state index is 12.2. The summed E-state index contributed by atoms with van der Waals surface area (Å²) in [5, 5.41) is 0. The highest BCUT2D eigenvalue weighted by Gasteiger charge is 2.13. The monoisotopic (exact) mass is 392 g/mol. The molecule has 6 heteroatoms. The molecule has 0 radical (unpaired) electrons. The van der Waals surface area contributed by atoms with Crippen molar-refractivity contribution in [1.82, 2.24) is 0 Å². The lowest BCUT2D eigenvalue weighted by molar-refractivity contribution is 0.0387. The molecule has 0 spiro atoms. The summed E-state index contributed by atoms with van der Waals surface area (Å²) in [5.74, 6) is -0.721. The summed E-state index contributed by atoms with van der Waals surface area (Å²) in [5.41, 5.74) is 1.74. The van der Waals surface area contributed by atoms with E-state index in [0.717, 1.165) is 10.0 Å². The molecule has 0 saturated heterocycles. The van der Waals surface area contributed by atoms with Gasteiger partial charge in [-0.1, -0.05) is 28.1 Å². The predicted octanol–water partition coefficient (Wildman–Crippen LogP) is 3.78. The standard InChI is InChI=1S/C18H17BrO5/c1-12-6-7-14(11-16(12)19)18(21)24-15-5-3-4-13(10-15)17(20)23-9-8-22-2/h3-7,10-11H,8-9H2,1-2H3. The van der Waals surface area contributed by atoms with E-state index in [4.69, 9.17) is 14.2 Å². The van der Waals surface area contributed by atoms with Crippen LogP contribution in [-0.4, -0.2) is 32.3 Å². The summed E-state index contributed by atoms with van der Waals surface area (Å²) in [6, 6.07) is 11.5. The molecule has 0 unspecified atom stereocenters. The molecule has 5 nitrogen and oxygen atoms in total. The molecule has 2 rings (SSSR count). The molecular formula is C18H17BrO5. The third kappa shape index (κ3) is 4.91. The van der Waals surface area contributed by atoms with Crippen LogP contribution < -0.4 is 4.74 Å². The first kappa shape index (κ1) is 18.2. The zero-order valence-electron chi connectivity index (χ0n) is 13.4. The number of ether oxygens (including phenoxy) is 3. The number of carbonyl (C=O) groups excluding carboxylic acids is 2. The highest BCUT2D eigenvalue weighted by atomic mass is 79.9. The largest absolute Gasteiger partial charge is 0.460 e. The van der Waals surface area contributed by atoms with Gasteiger partial charge in [-0.3, -0.25) is 0 Å². The Hall–Kier alpha value is -2.18. The number of hydrogen-bond donors (Lipinski definition) is 0. The molecule has 2 aromatic carbocycles. The molecule has 126 valence electrons. The van der Waals surface area contributed by atoms with Crippen LogP contribution in [-0.2, 0) is 9.47 Å². The van der Waals surface area contributed by atoms with Crippen molar-refractivity contribution < 1.29 is 23.8 Å². The van der Waals surface area contributed by atoms with E-state index in [1.54, 1.807) is 30.3 Å². The van der Waals surface area contributed by atoms with Gasteiger partial charge in [0.05, 0.1) is 17.7 Å². The van der Waals surface area contributed by atoms with Crippen molar-refractivity contribution in [2.45, 2.75) is 6.92 Å². The minimum absolute atomic E-state index is 0.163. The molecule has 0 fully saturated rings. The van der Waals surface area contributed by atoms with Crippen molar-refractivity contribution in [3.05, 3.63) is 63.6 Å². The number of esters is 2. The summed E-state index contributed by atoms with van der Waals surface area (Å²) in [6.45, 7) is 2.41. The van der Waals surface area contributed by atoms with E-state index >= 15 is 0 Å². The maximum Gasteiger partial charge on any atom is 0.343 e. The second-order valence-electron chi connectivity index (χ2n) is 5.01. The van der Waals surface area contributed by atoms with Crippen LogP contribution in [0.5, 0.6) is 5.75 Å². The normalized spacial score (nSPS) is 10.3. The molecule has 0 saturated carbocycles. The van der Waals surface area contributed by atoms with Crippen LogP contribution in [0.4, 0.5) is 0 Å². The van der Waals surface area contributed by atoms with Crippen molar-refractivity contribution in [2.24, 2.45) is 0 Å². The van der Waals surface area contributed by atoms with E-state index in [1.807, 2.05) is 13.0 Å². The zero-order chi connectivity index (χ0) is 17.5. The fourth-order valence-electron chi connectivity index (χ4n) is 1.87. The number of carbonyl (C=O) groups is 2. The van der Waals surface area contributed by atoms with Crippen molar-refractivity contribution in [1.29, 1.82) is 0 Å². The molecule has 24 heavy (non-hydrogen) atoms. The topological polar surface area (TPSA) is 61.8 Å². The summed E-state index contributed by atoms with van der Waals surface area (Å²) < 4.78 is 16.0. The number of halogens is 1. The smallest absolute Gasteiger partial charge is 0.343 e. The van der Waals surface area contributed by atoms with Gasteiger partial charge in [-0.2, -0.15) is 0 Å². The Morgan fingerprint density at radius 1 is 1.00 bits per heavy atom. The van der Waals surface area contributed by atoms with Crippen LogP contribution in [0.2, 0.25) is 0 Å². The third-order valence-corrected chi connectivity index (χ3v) is 4.06. The van der Waals surface area contributed by atoms with Gasteiger partial charge in [0, 0.05) is 11.6 Å². The van der Waals surface area contributed by atoms with E-state index < -0.39 is 11.9 Å². The second kappa shape index (κ2) is 8.61. The van der Waals surface area contributed by atoms with Crippen molar-refractivity contribution in [2.75, 3.05) is 20.3 Å². The highest BCUT2D eigenvalue weighted by molar-refractivity contribution is 9.10. The Morgan fingerprint density at radius 2 is 1.75 bits per heavy atom. The first-order valence-electron chi connectivity index (χ1n) is 7.25. The summed E-state index contributed by atoms with van der Waals surface area (Å²) >= 11 is 3.38. The molecule has 0 aliphatic heterocycles. The first-order chi connectivity index (χ1) is 11.5. The van der Waals surface area contributed by atoms with Gasteiger partial charge in [-0.25, -0.2) is 9.59 Å². The summed E-state index contributed by atoms with van der Waals surface area (Å²) in [4.78, 5) is 24.1. The van der Waals surface area contributed by atoms with E-state index in [2.05, 4.69) is 15.9 Å². The summed E-state index contributed by atoms with van der Waals surface area (Å²) in [6.07, 6.45) is 0. The Labute approximate surface area is 148 Å². The van der Waals surface area contributed by atoms with Gasteiger partial charge < -0.3 is 14.2 Å². The first-order valence-corrected chi connectivity index (χ1v) is 8.05. The van der Waals surface area contributed by atoms with Crippen LogP contribution in [0.3, 0.4) is 0 Å². The van der Waals surface area contributed by atoms with Crippen LogP contribution in [0.25, 0.3) is 0 Å². The lowest BCUT2D eigenvalue weighted by Crippen LogP contribution is -2.11. The van der Waals surface area contributed by atoms with Gasteiger partial charge in [0.25, 0.3) is 0 Å². The van der Waals surface area contributed by atoms with Crippen molar-refractivity contribution in [3.8, 4) is 5.75 Å². The van der Waals surface area contributed by atoms with Crippen LogP contribution in [0.1, 0.15) is 26.3 Å². The van der Waals surface area contributed by atoms with Gasteiger partial charge >= 0.3 is 11.9 Å². The van der Waals surface area contributed by atoms with Gasteiger partial charge in [-0.15, -0.1) is 0 Å². The molecule has 0 aromatic heterocycles. The minimum atomic E-state index is -0.499. The van der Waals surface area contributed by atoms with E-state index in [1.165, 1.54) is 13.2 Å². The number of aryl methyl sites for hydroxylation is 1. The van der Waals surface area contributed by atoms with Gasteiger partial charge in [-0.05, 0) is 42.8 Å². The van der Waals surface area contributed by atoms with Crippen LogP contribution in [0.15, 0.2) is 46.9 Å². The number of rotatable bonds is 6. The van der Waals surface area contributed by atoms with E-state index in [9.17, 15) is 9.59 Å². The van der Waals surface area contributed by atoms with E-state index in [0.29, 0.717) is 17.7 Å². The van der Waals surface area contributed by atoms with Gasteiger partial charge in [0.2, 0.25) is 0 Å².